The minimum Gasteiger partial charge on any atom is -0.369 e. The van der Waals surface area contributed by atoms with Gasteiger partial charge in [-0.2, -0.15) is 20.4 Å². The van der Waals surface area contributed by atoms with Crippen molar-refractivity contribution >= 4 is 69.9 Å². The van der Waals surface area contributed by atoms with Crippen molar-refractivity contribution in [2.45, 2.75) is 27.7 Å². The predicted octanol–water partition coefficient (Wildman–Crippen LogP) is 0.181. The average molecular weight is 709 g/mol. The number of hydrogen-bond acceptors (Lipinski definition) is 10. The van der Waals surface area contributed by atoms with Crippen LogP contribution in [0.1, 0.15) is 70.7 Å². The van der Waals surface area contributed by atoms with Gasteiger partial charge in [0.15, 0.2) is 0 Å². The molecule has 0 aliphatic carbocycles. The molecule has 0 unspecified atom stereocenters. The molecule has 0 aromatic heterocycles. The normalized spacial score (nSPS) is 11.9. The van der Waals surface area contributed by atoms with Gasteiger partial charge in [-0.25, -0.2) is 0 Å². The summed E-state index contributed by atoms with van der Waals surface area (Å²) in [6, 6.07) is 16.2. The van der Waals surface area contributed by atoms with Gasteiger partial charge in [-0.05, 0) is 82.3 Å². The molecule has 0 saturated heterocycles. The van der Waals surface area contributed by atoms with Gasteiger partial charge in [0.25, 0.3) is 11.8 Å². The second kappa shape index (κ2) is 17.7. The highest BCUT2D eigenvalue weighted by atomic mass is 16.2. The number of nitrogens with two attached hydrogens (primary N) is 8. The number of nitrogens with one attached hydrogen (secondary N) is 2. The van der Waals surface area contributed by atoms with Gasteiger partial charge in [-0.15, -0.1) is 20.4 Å². The van der Waals surface area contributed by atoms with Crippen LogP contribution in [0.4, 0.5) is 11.4 Å². The van der Waals surface area contributed by atoms with Crippen molar-refractivity contribution in [3.05, 3.63) is 94.0 Å². The molecule has 2 amide bonds. The van der Waals surface area contributed by atoms with Crippen LogP contribution in [0.2, 0.25) is 0 Å². The quantitative estimate of drug-likeness (QED) is 0.0691. The minimum atomic E-state index is -0.516. The van der Waals surface area contributed by atoms with Crippen molar-refractivity contribution in [2.75, 3.05) is 10.6 Å². The van der Waals surface area contributed by atoms with E-state index in [1.54, 1.807) is 82.3 Å². The minimum absolute atomic E-state index is 0.186. The summed E-state index contributed by atoms with van der Waals surface area (Å²) < 4.78 is 0. The van der Waals surface area contributed by atoms with E-state index in [4.69, 9.17) is 45.9 Å². The first-order valence-corrected chi connectivity index (χ1v) is 15.1. The van der Waals surface area contributed by atoms with E-state index >= 15 is 0 Å². The average Bonchev–Trinajstić information content (AvgIpc) is 3.10. The van der Waals surface area contributed by atoms with E-state index in [0.29, 0.717) is 56.5 Å². The maximum Gasteiger partial charge on any atom is 0.255 e. The van der Waals surface area contributed by atoms with Crippen LogP contribution in [-0.2, 0) is 0 Å². The third-order valence-electron chi connectivity index (χ3n) is 6.70. The zero-order chi connectivity index (χ0) is 38.5. The third kappa shape index (κ3) is 11.8. The molecular weight excluding hydrogens is 668 g/mol. The van der Waals surface area contributed by atoms with E-state index in [-0.39, 0.29) is 35.0 Å². The Balaban J connectivity index is 1.98. The van der Waals surface area contributed by atoms with Gasteiger partial charge in [-0.1, -0.05) is 6.07 Å². The number of anilines is 2. The Bertz CT molecular complexity index is 1840. The zero-order valence-corrected chi connectivity index (χ0v) is 28.8. The molecule has 0 atom stereocenters. The van der Waals surface area contributed by atoms with E-state index < -0.39 is 11.8 Å². The van der Waals surface area contributed by atoms with Gasteiger partial charge in [-0.3, -0.25) is 9.59 Å². The molecule has 0 spiro atoms. The lowest BCUT2D eigenvalue weighted by Crippen LogP contribution is -2.22. The van der Waals surface area contributed by atoms with Gasteiger partial charge in [0.05, 0.1) is 22.8 Å². The van der Waals surface area contributed by atoms with Crippen LogP contribution in [0.5, 0.6) is 0 Å². The number of carbonyl (C=O) groups is 2. The lowest BCUT2D eigenvalue weighted by Gasteiger charge is -2.12. The maximum absolute atomic E-state index is 13.5. The Morgan fingerprint density at radius 3 is 0.904 bits per heavy atom. The number of hydrogen-bond donors (Lipinski definition) is 10. The molecule has 0 fully saturated rings. The second-order valence-electron chi connectivity index (χ2n) is 10.9. The summed E-state index contributed by atoms with van der Waals surface area (Å²) in [5.41, 5.74) is 48.5. The summed E-state index contributed by atoms with van der Waals surface area (Å²) >= 11 is 0. The number of guanidine groups is 4. The Hall–Kier alpha value is -7.64. The van der Waals surface area contributed by atoms with Crippen LogP contribution in [0.25, 0.3) is 0 Å². The molecule has 20 nitrogen and oxygen atoms in total. The molecule has 20 heteroatoms. The van der Waals surface area contributed by atoms with Crippen LogP contribution >= 0.6 is 0 Å². The highest BCUT2D eigenvalue weighted by molar-refractivity contribution is 6.12. The van der Waals surface area contributed by atoms with Crippen molar-refractivity contribution in [1.29, 1.82) is 0 Å². The number of carbonyl (C=O) groups excluding carboxylic acids is 2. The zero-order valence-electron chi connectivity index (χ0n) is 28.8. The molecular formula is C32H40N18O2. The molecule has 3 rings (SSSR count). The van der Waals surface area contributed by atoms with Gasteiger partial charge < -0.3 is 56.5 Å². The van der Waals surface area contributed by atoms with Gasteiger partial charge in [0, 0.05) is 44.8 Å². The third-order valence-corrected chi connectivity index (χ3v) is 6.70. The lowest BCUT2D eigenvalue weighted by atomic mass is 10.0. The number of benzene rings is 3. The standard InChI is InChI=1S/C32H40N18O2/c1-15(43-47-29(33)34)21-9-22(16(2)44-48-30(35)36)12-25(11-21)41-27(51)19-6-5-7-20(8-19)28(52)42-26-13-23(17(3)45-49-31(37)38)10-24(14-26)18(4)46-50-32(39)40/h5-14H,1-4H3,(H,41,51)(H,42,52)(H4,33,34,47)(H4,35,36,48)(H4,37,38,49)(H4,39,40,50)/b43-15+,44-16+,45-17+,46-18+. The summed E-state index contributed by atoms with van der Waals surface area (Å²) in [6.45, 7) is 6.71. The van der Waals surface area contributed by atoms with E-state index in [1.807, 2.05) is 0 Å². The Labute approximate surface area is 298 Å². The number of rotatable bonds is 12. The summed E-state index contributed by atoms with van der Waals surface area (Å²) in [7, 11) is 0. The van der Waals surface area contributed by atoms with Gasteiger partial charge in [0.2, 0.25) is 23.8 Å². The Kier molecular flexibility index (Phi) is 13.2. The fourth-order valence-corrected chi connectivity index (χ4v) is 4.21. The van der Waals surface area contributed by atoms with Crippen molar-refractivity contribution in [3.8, 4) is 0 Å². The van der Waals surface area contributed by atoms with Gasteiger partial charge in [0.1, 0.15) is 0 Å². The molecule has 0 saturated carbocycles. The summed E-state index contributed by atoms with van der Waals surface area (Å²) in [5, 5.41) is 36.5. The molecule has 3 aromatic rings. The Morgan fingerprint density at radius 2 is 0.654 bits per heavy atom. The van der Waals surface area contributed by atoms with Crippen LogP contribution < -0.4 is 56.5 Å². The van der Waals surface area contributed by atoms with Crippen molar-refractivity contribution in [2.24, 2.45) is 86.7 Å². The lowest BCUT2D eigenvalue weighted by molar-refractivity contribution is 0.102. The molecule has 52 heavy (non-hydrogen) atoms. The SMILES string of the molecule is C/C(=N\N=C(N)N)c1cc(NC(=O)c2cccc(C(=O)Nc3cc(/C(C)=N/N=C(N)N)cc(/C(C)=N/N=C(N)N)c3)c2)cc(/C(C)=N/N=C(N)N)c1. The van der Waals surface area contributed by atoms with E-state index in [1.165, 1.54) is 6.07 Å². The van der Waals surface area contributed by atoms with Crippen LogP contribution in [0, 0.1) is 0 Å². The number of nitrogens with zero attached hydrogens (tertiary/aromatic N) is 8. The maximum atomic E-state index is 13.5. The molecule has 0 aliphatic rings. The van der Waals surface area contributed by atoms with Crippen LogP contribution in [0.15, 0.2) is 101 Å². The van der Waals surface area contributed by atoms with Crippen LogP contribution in [0.3, 0.4) is 0 Å². The summed E-state index contributed by atoms with van der Waals surface area (Å²) in [4.78, 5) is 27.0. The molecule has 18 N–H and O–H groups in total. The predicted molar refractivity (Wildman–Crippen MR) is 207 cm³/mol. The fourth-order valence-electron chi connectivity index (χ4n) is 4.21. The molecule has 0 heterocycles. The summed E-state index contributed by atoms with van der Waals surface area (Å²) in [6.07, 6.45) is 0. The van der Waals surface area contributed by atoms with E-state index in [0.717, 1.165) is 0 Å². The monoisotopic (exact) mass is 708 g/mol. The number of amides is 2. The molecule has 3 aromatic carbocycles. The first-order chi connectivity index (χ1) is 24.5. The largest absolute Gasteiger partial charge is 0.369 e. The Morgan fingerprint density at radius 1 is 0.404 bits per heavy atom. The molecule has 270 valence electrons. The topological polar surface area (TPSA) is 365 Å². The fraction of sp³-hybridized carbons (Fsp3) is 0.125. The highest BCUT2D eigenvalue weighted by Gasteiger charge is 2.15. The molecule has 0 radical (unpaired) electrons. The van der Waals surface area contributed by atoms with Gasteiger partial charge >= 0.3 is 0 Å². The van der Waals surface area contributed by atoms with E-state index in [2.05, 4.69) is 51.4 Å². The van der Waals surface area contributed by atoms with Crippen molar-refractivity contribution in [1.82, 2.24) is 0 Å². The summed E-state index contributed by atoms with van der Waals surface area (Å²) in [5.74, 6) is -1.96. The van der Waals surface area contributed by atoms with Crippen LogP contribution in [-0.4, -0.2) is 58.5 Å². The second-order valence-corrected chi connectivity index (χ2v) is 10.9. The smallest absolute Gasteiger partial charge is 0.255 e. The van der Waals surface area contributed by atoms with Crippen molar-refractivity contribution < 1.29 is 9.59 Å². The van der Waals surface area contributed by atoms with E-state index in [9.17, 15) is 9.59 Å². The van der Waals surface area contributed by atoms with Crippen molar-refractivity contribution in [3.63, 3.8) is 0 Å². The first-order valence-electron chi connectivity index (χ1n) is 15.1. The first kappa shape index (κ1) is 38.8. The highest BCUT2D eigenvalue weighted by Crippen LogP contribution is 2.21. The molecule has 0 aliphatic heterocycles. The molecule has 0 bridgehead atoms.